The molecule has 0 spiro atoms. The molecule has 2 heterocycles. The minimum Gasteiger partial charge on any atom is -0.481 e. The van der Waals surface area contributed by atoms with E-state index in [1.54, 1.807) is 4.90 Å². The van der Waals surface area contributed by atoms with E-state index >= 15 is 0 Å². The third kappa shape index (κ3) is 2.66. The van der Waals surface area contributed by atoms with Crippen LogP contribution in [0.1, 0.15) is 26.7 Å². The molecule has 0 aliphatic carbocycles. The van der Waals surface area contributed by atoms with Gasteiger partial charge < -0.3 is 15.3 Å². The molecule has 0 saturated carbocycles. The van der Waals surface area contributed by atoms with Crippen LogP contribution in [-0.2, 0) is 9.59 Å². The van der Waals surface area contributed by atoms with E-state index in [0.29, 0.717) is 19.0 Å². The van der Waals surface area contributed by atoms with Gasteiger partial charge in [0.2, 0.25) is 5.91 Å². The molecular weight excluding hydrogens is 232 g/mol. The second-order valence-electron chi connectivity index (χ2n) is 5.80. The van der Waals surface area contributed by atoms with Crippen molar-refractivity contribution in [3.63, 3.8) is 0 Å². The highest BCUT2D eigenvalue weighted by molar-refractivity contribution is 5.83. The van der Waals surface area contributed by atoms with Gasteiger partial charge in [-0.25, -0.2) is 0 Å². The molecule has 18 heavy (non-hydrogen) atoms. The van der Waals surface area contributed by atoms with E-state index in [0.717, 1.165) is 19.4 Å². The second kappa shape index (κ2) is 5.26. The first-order chi connectivity index (χ1) is 8.49. The zero-order chi connectivity index (χ0) is 13.3. The summed E-state index contributed by atoms with van der Waals surface area (Å²) in [5, 5.41) is 12.3. The van der Waals surface area contributed by atoms with Gasteiger partial charge in [0.15, 0.2) is 0 Å². The van der Waals surface area contributed by atoms with Gasteiger partial charge in [-0.15, -0.1) is 0 Å². The summed E-state index contributed by atoms with van der Waals surface area (Å²) < 4.78 is 0. The van der Waals surface area contributed by atoms with Gasteiger partial charge in [-0.3, -0.25) is 9.59 Å². The third-order valence-electron chi connectivity index (χ3n) is 4.21. The SMILES string of the molecule is CC1CCNC(C(=O)N2CC(C)C(C(=O)O)C2)C1. The van der Waals surface area contributed by atoms with Crippen molar-refractivity contribution in [2.24, 2.45) is 17.8 Å². The van der Waals surface area contributed by atoms with Crippen molar-refractivity contribution in [2.75, 3.05) is 19.6 Å². The number of carboxylic acids is 1. The molecule has 2 aliphatic heterocycles. The van der Waals surface area contributed by atoms with Crippen molar-refractivity contribution in [3.05, 3.63) is 0 Å². The van der Waals surface area contributed by atoms with Gasteiger partial charge in [0.05, 0.1) is 12.0 Å². The maximum absolute atomic E-state index is 12.3. The van der Waals surface area contributed by atoms with Crippen molar-refractivity contribution < 1.29 is 14.7 Å². The lowest BCUT2D eigenvalue weighted by molar-refractivity contribution is -0.142. The number of amides is 1. The van der Waals surface area contributed by atoms with Gasteiger partial charge in [0.1, 0.15) is 0 Å². The van der Waals surface area contributed by atoms with Crippen molar-refractivity contribution in [1.82, 2.24) is 10.2 Å². The van der Waals surface area contributed by atoms with Crippen LogP contribution in [0.4, 0.5) is 0 Å². The van der Waals surface area contributed by atoms with Crippen LogP contribution in [0.5, 0.6) is 0 Å². The Bertz CT molecular complexity index is 345. The predicted molar refractivity (Wildman–Crippen MR) is 67.1 cm³/mol. The molecule has 0 bridgehead atoms. The molecule has 2 fully saturated rings. The van der Waals surface area contributed by atoms with E-state index in [-0.39, 0.29) is 17.9 Å². The van der Waals surface area contributed by atoms with Crippen LogP contribution in [0, 0.1) is 17.8 Å². The van der Waals surface area contributed by atoms with E-state index in [9.17, 15) is 9.59 Å². The number of piperidine rings is 1. The summed E-state index contributed by atoms with van der Waals surface area (Å²) in [6.07, 6.45) is 1.97. The summed E-state index contributed by atoms with van der Waals surface area (Å²) in [5.74, 6) is -0.502. The van der Waals surface area contributed by atoms with Gasteiger partial charge in [0, 0.05) is 13.1 Å². The Balaban J connectivity index is 1.96. The van der Waals surface area contributed by atoms with Crippen LogP contribution in [0.15, 0.2) is 0 Å². The zero-order valence-corrected chi connectivity index (χ0v) is 11.1. The summed E-state index contributed by atoms with van der Waals surface area (Å²) in [6, 6.07) is -0.117. The molecule has 2 rings (SSSR count). The van der Waals surface area contributed by atoms with Crippen LogP contribution in [0.3, 0.4) is 0 Å². The Kier molecular flexibility index (Phi) is 3.90. The van der Waals surface area contributed by atoms with E-state index in [1.165, 1.54) is 0 Å². The van der Waals surface area contributed by atoms with Gasteiger partial charge in [0.25, 0.3) is 0 Å². The Morgan fingerprint density at radius 1 is 1.28 bits per heavy atom. The molecule has 1 amide bonds. The van der Waals surface area contributed by atoms with Crippen LogP contribution in [-0.4, -0.2) is 47.6 Å². The van der Waals surface area contributed by atoms with Crippen LogP contribution >= 0.6 is 0 Å². The molecule has 0 aromatic carbocycles. The Morgan fingerprint density at radius 2 is 2.00 bits per heavy atom. The molecule has 2 saturated heterocycles. The summed E-state index contributed by atoms with van der Waals surface area (Å²) in [5.41, 5.74) is 0. The van der Waals surface area contributed by atoms with Gasteiger partial charge in [-0.2, -0.15) is 0 Å². The number of likely N-dealkylation sites (tertiary alicyclic amines) is 1. The molecule has 2 N–H and O–H groups in total. The van der Waals surface area contributed by atoms with Gasteiger partial charge in [-0.05, 0) is 31.2 Å². The Morgan fingerprint density at radius 3 is 2.56 bits per heavy atom. The number of aliphatic carboxylic acids is 1. The van der Waals surface area contributed by atoms with Crippen molar-refractivity contribution in [1.29, 1.82) is 0 Å². The summed E-state index contributed by atoms with van der Waals surface area (Å²) >= 11 is 0. The highest BCUT2D eigenvalue weighted by atomic mass is 16.4. The first-order valence-corrected chi connectivity index (χ1v) is 6.74. The molecule has 0 radical (unpaired) electrons. The van der Waals surface area contributed by atoms with Crippen LogP contribution in [0.25, 0.3) is 0 Å². The van der Waals surface area contributed by atoms with Crippen molar-refractivity contribution in [3.8, 4) is 0 Å². The molecule has 5 heteroatoms. The number of hydrogen-bond donors (Lipinski definition) is 2. The molecule has 5 nitrogen and oxygen atoms in total. The maximum atomic E-state index is 12.3. The number of nitrogens with zero attached hydrogens (tertiary/aromatic N) is 1. The standard InChI is InChI=1S/C13H22N2O3/c1-8-3-4-14-11(5-8)12(16)15-6-9(2)10(7-15)13(17)18/h8-11,14H,3-7H2,1-2H3,(H,17,18). The lowest BCUT2D eigenvalue weighted by Crippen LogP contribution is -2.49. The zero-order valence-electron chi connectivity index (χ0n) is 11.1. The lowest BCUT2D eigenvalue weighted by atomic mass is 9.93. The maximum Gasteiger partial charge on any atom is 0.308 e. The Hall–Kier alpha value is -1.10. The van der Waals surface area contributed by atoms with Crippen molar-refractivity contribution in [2.45, 2.75) is 32.7 Å². The number of hydrogen-bond acceptors (Lipinski definition) is 3. The fraction of sp³-hybridized carbons (Fsp3) is 0.846. The summed E-state index contributed by atoms with van der Waals surface area (Å²) in [6.45, 7) is 5.88. The smallest absolute Gasteiger partial charge is 0.308 e. The fourth-order valence-electron chi connectivity index (χ4n) is 2.98. The first kappa shape index (κ1) is 13.3. The molecule has 0 aromatic heterocycles. The highest BCUT2D eigenvalue weighted by Gasteiger charge is 2.39. The summed E-state index contributed by atoms with van der Waals surface area (Å²) in [7, 11) is 0. The third-order valence-corrected chi connectivity index (χ3v) is 4.21. The lowest BCUT2D eigenvalue weighted by Gasteiger charge is -2.30. The van der Waals surface area contributed by atoms with E-state index in [1.807, 2.05) is 6.92 Å². The molecule has 2 aliphatic rings. The molecule has 4 unspecified atom stereocenters. The average Bonchev–Trinajstić information content (AvgIpc) is 2.70. The minimum atomic E-state index is -0.789. The topological polar surface area (TPSA) is 69.6 Å². The molecule has 102 valence electrons. The van der Waals surface area contributed by atoms with Crippen molar-refractivity contribution >= 4 is 11.9 Å². The fourth-order valence-corrected chi connectivity index (χ4v) is 2.98. The number of carbonyl (C=O) groups excluding carboxylic acids is 1. The largest absolute Gasteiger partial charge is 0.481 e. The van der Waals surface area contributed by atoms with E-state index in [2.05, 4.69) is 12.2 Å². The van der Waals surface area contributed by atoms with Crippen LogP contribution in [0.2, 0.25) is 0 Å². The number of carbonyl (C=O) groups is 2. The molecule has 0 aromatic rings. The van der Waals surface area contributed by atoms with E-state index < -0.39 is 11.9 Å². The van der Waals surface area contributed by atoms with Gasteiger partial charge in [-0.1, -0.05) is 13.8 Å². The summed E-state index contributed by atoms with van der Waals surface area (Å²) in [4.78, 5) is 25.1. The van der Waals surface area contributed by atoms with Gasteiger partial charge >= 0.3 is 5.97 Å². The Labute approximate surface area is 108 Å². The number of nitrogens with one attached hydrogen (secondary N) is 1. The minimum absolute atomic E-state index is 0.0486. The molecular formula is C13H22N2O3. The highest BCUT2D eigenvalue weighted by Crippen LogP contribution is 2.25. The first-order valence-electron chi connectivity index (χ1n) is 6.74. The number of rotatable bonds is 2. The normalized spacial score (nSPS) is 36.7. The molecule has 4 atom stereocenters. The second-order valence-corrected chi connectivity index (χ2v) is 5.80. The van der Waals surface area contributed by atoms with Crippen LogP contribution < -0.4 is 5.32 Å². The number of carboxylic acid groups (broad SMARTS) is 1. The predicted octanol–water partition coefficient (Wildman–Crippen LogP) is 0.554. The average molecular weight is 254 g/mol. The van der Waals surface area contributed by atoms with E-state index in [4.69, 9.17) is 5.11 Å². The monoisotopic (exact) mass is 254 g/mol. The quantitative estimate of drug-likeness (QED) is 0.755.